The van der Waals surface area contributed by atoms with Crippen molar-refractivity contribution >= 4 is 5.91 Å². The molecule has 1 amide bonds. The van der Waals surface area contributed by atoms with E-state index in [1.807, 2.05) is 6.20 Å². The summed E-state index contributed by atoms with van der Waals surface area (Å²) in [7, 11) is 0. The number of aromatic amines is 1. The predicted molar refractivity (Wildman–Crippen MR) is 83.6 cm³/mol. The summed E-state index contributed by atoms with van der Waals surface area (Å²) in [4.78, 5) is 19.7. The molecule has 0 aliphatic heterocycles. The van der Waals surface area contributed by atoms with Crippen LogP contribution >= 0.6 is 0 Å². The molecule has 4 N–H and O–H groups in total. The summed E-state index contributed by atoms with van der Waals surface area (Å²) in [5.74, 6) is 1.58. The lowest BCUT2D eigenvalue weighted by Gasteiger charge is -2.46. The minimum absolute atomic E-state index is 0.0389. The quantitative estimate of drug-likeness (QED) is 0.724. The monoisotopic (exact) mass is 292 g/mol. The second-order valence-electron chi connectivity index (χ2n) is 6.83. The highest BCUT2D eigenvalue weighted by atomic mass is 16.1. The molecular formula is C16H28N4O. The maximum Gasteiger partial charge on any atom is 0.223 e. The van der Waals surface area contributed by atoms with Gasteiger partial charge >= 0.3 is 0 Å². The van der Waals surface area contributed by atoms with E-state index in [1.165, 1.54) is 0 Å². The van der Waals surface area contributed by atoms with E-state index < -0.39 is 0 Å². The molecule has 0 bridgehead atoms. The van der Waals surface area contributed by atoms with Crippen LogP contribution in [-0.2, 0) is 11.2 Å². The highest BCUT2D eigenvalue weighted by molar-refractivity contribution is 5.79. The zero-order valence-electron chi connectivity index (χ0n) is 13.4. The third-order valence-electron chi connectivity index (χ3n) is 5.26. The van der Waals surface area contributed by atoms with Crippen molar-refractivity contribution < 1.29 is 4.79 Å². The summed E-state index contributed by atoms with van der Waals surface area (Å²) >= 11 is 0. The van der Waals surface area contributed by atoms with Crippen LogP contribution in [0.4, 0.5) is 0 Å². The highest BCUT2D eigenvalue weighted by Crippen LogP contribution is 2.44. The Morgan fingerprint density at radius 1 is 1.52 bits per heavy atom. The number of amides is 1. The number of hydrogen-bond donors (Lipinski definition) is 3. The number of imidazole rings is 1. The van der Waals surface area contributed by atoms with Gasteiger partial charge in [0.2, 0.25) is 5.91 Å². The molecule has 3 unspecified atom stereocenters. The minimum atomic E-state index is -0.0389. The lowest BCUT2D eigenvalue weighted by molar-refractivity contribution is -0.132. The van der Waals surface area contributed by atoms with Gasteiger partial charge in [0.1, 0.15) is 5.82 Å². The molecule has 1 aromatic rings. The molecule has 118 valence electrons. The molecule has 1 aromatic heterocycles. The third-order valence-corrected chi connectivity index (χ3v) is 5.26. The molecule has 0 spiro atoms. The van der Waals surface area contributed by atoms with Crippen molar-refractivity contribution in [3.63, 3.8) is 0 Å². The Hall–Kier alpha value is -1.36. The van der Waals surface area contributed by atoms with Gasteiger partial charge in [-0.3, -0.25) is 4.79 Å². The minimum Gasteiger partial charge on any atom is -0.356 e. The van der Waals surface area contributed by atoms with Crippen molar-refractivity contribution in [1.29, 1.82) is 0 Å². The van der Waals surface area contributed by atoms with Gasteiger partial charge in [-0.25, -0.2) is 4.98 Å². The van der Waals surface area contributed by atoms with Crippen molar-refractivity contribution in [3.05, 3.63) is 18.2 Å². The maximum absolute atomic E-state index is 12.5. The van der Waals surface area contributed by atoms with Crippen LogP contribution in [0.1, 0.15) is 45.9 Å². The number of nitrogens with two attached hydrogens (primary N) is 1. The van der Waals surface area contributed by atoms with Crippen LogP contribution < -0.4 is 11.1 Å². The zero-order valence-corrected chi connectivity index (χ0v) is 13.4. The summed E-state index contributed by atoms with van der Waals surface area (Å²) in [5, 5.41) is 3.08. The number of carbonyl (C=O) groups excluding carboxylic acids is 1. The van der Waals surface area contributed by atoms with Crippen LogP contribution in [0.5, 0.6) is 0 Å². The normalized spacial score (nSPS) is 28.3. The molecule has 3 atom stereocenters. The fraction of sp³-hybridized carbons (Fsp3) is 0.750. The number of aromatic nitrogens is 2. The molecule has 21 heavy (non-hydrogen) atoms. The molecule has 1 fully saturated rings. The standard InChI is InChI=1S/C16H28N4O/c1-11-13(17)7-6-12(16(11,2)3)15(21)20-8-4-5-14-18-9-10-19-14/h9-13H,4-8,17H2,1-3H3,(H,18,19)(H,20,21). The van der Waals surface area contributed by atoms with Gasteiger partial charge < -0.3 is 16.0 Å². The van der Waals surface area contributed by atoms with Crippen molar-refractivity contribution in [2.45, 2.75) is 52.5 Å². The van der Waals surface area contributed by atoms with E-state index >= 15 is 0 Å². The molecule has 1 heterocycles. The van der Waals surface area contributed by atoms with E-state index in [2.05, 4.69) is 36.1 Å². The molecule has 1 aliphatic rings. The fourth-order valence-electron chi connectivity index (χ4n) is 3.34. The number of H-pyrrole nitrogens is 1. The van der Waals surface area contributed by atoms with Gasteiger partial charge in [-0.1, -0.05) is 20.8 Å². The van der Waals surface area contributed by atoms with Crippen molar-refractivity contribution in [2.24, 2.45) is 23.0 Å². The second-order valence-corrected chi connectivity index (χ2v) is 6.83. The van der Waals surface area contributed by atoms with Crippen molar-refractivity contribution in [3.8, 4) is 0 Å². The number of nitrogens with zero attached hydrogens (tertiary/aromatic N) is 1. The van der Waals surface area contributed by atoms with Crippen LogP contribution in [-0.4, -0.2) is 28.5 Å². The number of rotatable bonds is 5. The molecule has 0 saturated heterocycles. The van der Waals surface area contributed by atoms with E-state index in [4.69, 9.17) is 5.73 Å². The predicted octanol–water partition coefficient (Wildman–Crippen LogP) is 1.86. The molecule has 0 aromatic carbocycles. The van der Waals surface area contributed by atoms with Crippen LogP contribution in [0.15, 0.2) is 12.4 Å². The number of hydrogen-bond acceptors (Lipinski definition) is 3. The lowest BCUT2D eigenvalue weighted by atomic mass is 9.61. The molecule has 1 saturated carbocycles. The largest absolute Gasteiger partial charge is 0.356 e. The van der Waals surface area contributed by atoms with Gasteiger partial charge in [0.25, 0.3) is 0 Å². The lowest BCUT2D eigenvalue weighted by Crippen LogP contribution is -2.51. The first-order valence-corrected chi connectivity index (χ1v) is 7.94. The van der Waals surface area contributed by atoms with Crippen LogP contribution in [0.2, 0.25) is 0 Å². The van der Waals surface area contributed by atoms with E-state index in [9.17, 15) is 4.79 Å². The summed E-state index contributed by atoms with van der Waals surface area (Å²) in [5.41, 5.74) is 6.11. The molecule has 1 aliphatic carbocycles. The Kier molecular flexibility index (Phi) is 5.04. The average Bonchev–Trinajstić information content (AvgIpc) is 2.94. The van der Waals surface area contributed by atoms with E-state index in [0.717, 1.165) is 31.5 Å². The first kappa shape index (κ1) is 16.0. The number of aryl methyl sites for hydroxylation is 1. The summed E-state index contributed by atoms with van der Waals surface area (Å²) < 4.78 is 0. The van der Waals surface area contributed by atoms with Crippen LogP contribution in [0, 0.1) is 17.3 Å². The summed E-state index contributed by atoms with van der Waals surface area (Å²) in [6, 6.07) is 0.211. The van der Waals surface area contributed by atoms with Gasteiger partial charge in [-0.2, -0.15) is 0 Å². The van der Waals surface area contributed by atoms with Crippen LogP contribution in [0.25, 0.3) is 0 Å². The van der Waals surface area contributed by atoms with E-state index in [1.54, 1.807) is 6.20 Å². The Morgan fingerprint density at radius 2 is 2.29 bits per heavy atom. The second kappa shape index (κ2) is 6.60. The highest BCUT2D eigenvalue weighted by Gasteiger charge is 2.44. The first-order valence-electron chi connectivity index (χ1n) is 7.94. The Labute approximate surface area is 127 Å². The van der Waals surface area contributed by atoms with Gasteiger partial charge in [-0.15, -0.1) is 0 Å². The maximum atomic E-state index is 12.5. The summed E-state index contributed by atoms with van der Waals surface area (Å²) in [6.07, 6.45) is 7.17. The van der Waals surface area contributed by atoms with Crippen LogP contribution in [0.3, 0.4) is 0 Å². The Morgan fingerprint density at radius 3 is 2.95 bits per heavy atom. The van der Waals surface area contributed by atoms with E-state index in [-0.39, 0.29) is 23.3 Å². The van der Waals surface area contributed by atoms with E-state index in [0.29, 0.717) is 12.5 Å². The van der Waals surface area contributed by atoms with Gasteiger partial charge in [0, 0.05) is 37.3 Å². The molecule has 0 radical (unpaired) electrons. The number of carbonyl (C=O) groups is 1. The molecule has 5 heteroatoms. The van der Waals surface area contributed by atoms with Gasteiger partial charge in [0.15, 0.2) is 0 Å². The smallest absolute Gasteiger partial charge is 0.223 e. The SMILES string of the molecule is CC1C(N)CCC(C(=O)NCCCc2ncc[nH]2)C1(C)C. The van der Waals surface area contributed by atoms with Crippen molar-refractivity contribution in [2.75, 3.05) is 6.54 Å². The third kappa shape index (κ3) is 3.64. The topological polar surface area (TPSA) is 83.8 Å². The van der Waals surface area contributed by atoms with Gasteiger partial charge in [0.05, 0.1) is 0 Å². The fourth-order valence-corrected chi connectivity index (χ4v) is 3.34. The first-order chi connectivity index (χ1) is 9.93. The van der Waals surface area contributed by atoms with Gasteiger partial charge in [-0.05, 0) is 30.6 Å². The zero-order chi connectivity index (χ0) is 15.5. The molecule has 2 rings (SSSR count). The molecular weight excluding hydrogens is 264 g/mol. The molecule has 5 nitrogen and oxygen atoms in total. The van der Waals surface area contributed by atoms with Crippen molar-refractivity contribution in [1.82, 2.24) is 15.3 Å². The number of nitrogens with one attached hydrogen (secondary N) is 2. The average molecular weight is 292 g/mol. The summed E-state index contributed by atoms with van der Waals surface area (Å²) in [6.45, 7) is 7.21. The Bertz CT molecular complexity index is 455. The Balaban J connectivity index is 1.80.